The number of aliphatic carboxylic acids is 1. The molecular weight excluding hydrogens is 237 g/mol. The molecule has 82 valence electrons. The van der Waals surface area contributed by atoms with Crippen molar-refractivity contribution in [3.63, 3.8) is 0 Å². The van der Waals surface area contributed by atoms with Gasteiger partial charge in [-0.05, 0) is 25.1 Å². The highest BCUT2D eigenvalue weighted by Crippen LogP contribution is 2.26. The summed E-state index contributed by atoms with van der Waals surface area (Å²) in [6.45, 7) is 1.77. The van der Waals surface area contributed by atoms with Crippen molar-refractivity contribution in [1.29, 1.82) is 0 Å². The fourth-order valence-electron chi connectivity index (χ4n) is 1.19. The van der Waals surface area contributed by atoms with Gasteiger partial charge >= 0.3 is 5.97 Å². The Balaban J connectivity index is 2.71. The van der Waals surface area contributed by atoms with E-state index in [2.05, 4.69) is 5.32 Å². The molecule has 15 heavy (non-hydrogen) atoms. The number of carbonyl (C=O) groups is 1. The highest BCUT2D eigenvalue weighted by molar-refractivity contribution is 6.35. The van der Waals surface area contributed by atoms with Crippen LogP contribution in [0.2, 0.25) is 10.0 Å². The van der Waals surface area contributed by atoms with Crippen LogP contribution in [0.4, 0.5) is 5.69 Å². The van der Waals surface area contributed by atoms with Crippen LogP contribution >= 0.6 is 23.2 Å². The Hall–Kier alpha value is -0.930. The minimum Gasteiger partial charge on any atom is -0.481 e. The zero-order valence-electron chi connectivity index (χ0n) is 8.13. The third kappa shape index (κ3) is 3.98. The Kier molecular flexibility index (Phi) is 4.24. The summed E-state index contributed by atoms with van der Waals surface area (Å²) in [6.07, 6.45) is 0.0306. The SMILES string of the molecule is CC(CC(=O)O)Nc1cc(Cl)ccc1Cl. The molecule has 1 unspecified atom stereocenters. The number of hydrogen-bond acceptors (Lipinski definition) is 2. The Morgan fingerprint density at radius 2 is 2.20 bits per heavy atom. The van der Waals surface area contributed by atoms with Gasteiger partial charge in [-0.15, -0.1) is 0 Å². The third-order valence-electron chi connectivity index (χ3n) is 1.81. The Bertz CT molecular complexity index is 368. The molecule has 3 nitrogen and oxygen atoms in total. The lowest BCUT2D eigenvalue weighted by atomic mass is 10.2. The molecule has 0 heterocycles. The van der Waals surface area contributed by atoms with Gasteiger partial charge in [0.1, 0.15) is 0 Å². The molecule has 0 saturated carbocycles. The molecule has 0 radical (unpaired) electrons. The van der Waals surface area contributed by atoms with Crippen LogP contribution < -0.4 is 5.32 Å². The molecule has 2 N–H and O–H groups in total. The van der Waals surface area contributed by atoms with Crippen LogP contribution in [0, 0.1) is 0 Å². The molecule has 0 saturated heterocycles. The molecule has 0 aliphatic heterocycles. The summed E-state index contributed by atoms with van der Waals surface area (Å²) in [5, 5.41) is 12.7. The van der Waals surface area contributed by atoms with E-state index in [1.54, 1.807) is 25.1 Å². The third-order valence-corrected chi connectivity index (χ3v) is 2.38. The maximum absolute atomic E-state index is 10.5. The molecule has 0 spiro atoms. The molecule has 1 atom stereocenters. The van der Waals surface area contributed by atoms with E-state index in [1.165, 1.54) is 0 Å². The first kappa shape index (κ1) is 12.1. The molecule has 0 amide bonds. The first-order chi connectivity index (χ1) is 6.99. The molecular formula is C10H11Cl2NO2. The van der Waals surface area contributed by atoms with Crippen LogP contribution in [0.3, 0.4) is 0 Å². The van der Waals surface area contributed by atoms with Gasteiger partial charge in [0.15, 0.2) is 0 Å². The zero-order valence-corrected chi connectivity index (χ0v) is 9.64. The van der Waals surface area contributed by atoms with Gasteiger partial charge in [-0.1, -0.05) is 23.2 Å². The number of carboxylic acids is 1. The Morgan fingerprint density at radius 1 is 1.53 bits per heavy atom. The second kappa shape index (κ2) is 5.24. The summed E-state index contributed by atoms with van der Waals surface area (Å²) < 4.78 is 0. The maximum Gasteiger partial charge on any atom is 0.305 e. The van der Waals surface area contributed by atoms with Crippen molar-refractivity contribution in [1.82, 2.24) is 0 Å². The van der Waals surface area contributed by atoms with Crippen molar-refractivity contribution in [2.24, 2.45) is 0 Å². The lowest BCUT2D eigenvalue weighted by Crippen LogP contribution is -2.19. The summed E-state index contributed by atoms with van der Waals surface area (Å²) in [4.78, 5) is 10.5. The highest BCUT2D eigenvalue weighted by Gasteiger charge is 2.09. The van der Waals surface area contributed by atoms with Crippen LogP contribution in [-0.2, 0) is 4.79 Å². The number of benzene rings is 1. The number of nitrogens with one attached hydrogen (secondary N) is 1. The number of carboxylic acid groups (broad SMARTS) is 1. The largest absolute Gasteiger partial charge is 0.481 e. The first-order valence-electron chi connectivity index (χ1n) is 4.42. The van der Waals surface area contributed by atoms with Crippen LogP contribution in [0.5, 0.6) is 0 Å². The smallest absolute Gasteiger partial charge is 0.305 e. The molecule has 0 bridgehead atoms. The van der Waals surface area contributed by atoms with Gasteiger partial charge in [-0.2, -0.15) is 0 Å². The van der Waals surface area contributed by atoms with E-state index < -0.39 is 5.97 Å². The number of halogens is 2. The van der Waals surface area contributed by atoms with E-state index >= 15 is 0 Å². The van der Waals surface area contributed by atoms with Crippen molar-refractivity contribution in [3.05, 3.63) is 28.2 Å². The lowest BCUT2D eigenvalue weighted by Gasteiger charge is -2.14. The minimum atomic E-state index is -0.854. The summed E-state index contributed by atoms with van der Waals surface area (Å²) >= 11 is 11.7. The molecule has 1 rings (SSSR count). The first-order valence-corrected chi connectivity index (χ1v) is 5.18. The molecule has 5 heteroatoms. The summed E-state index contributed by atoms with van der Waals surface area (Å²) in [5.74, 6) is -0.854. The second-order valence-corrected chi connectivity index (χ2v) is 4.11. The lowest BCUT2D eigenvalue weighted by molar-refractivity contribution is -0.137. The number of anilines is 1. The molecule has 1 aromatic carbocycles. The monoisotopic (exact) mass is 247 g/mol. The van der Waals surface area contributed by atoms with Gasteiger partial charge < -0.3 is 10.4 Å². The van der Waals surface area contributed by atoms with E-state index in [-0.39, 0.29) is 12.5 Å². The van der Waals surface area contributed by atoms with Gasteiger partial charge in [0.25, 0.3) is 0 Å². The standard InChI is InChI=1S/C10H11Cl2NO2/c1-6(4-10(14)15)13-9-5-7(11)2-3-8(9)12/h2-3,5-6,13H,4H2,1H3,(H,14,15). The zero-order chi connectivity index (χ0) is 11.4. The minimum absolute atomic E-state index is 0.0306. The van der Waals surface area contributed by atoms with Crippen LogP contribution in [-0.4, -0.2) is 17.1 Å². The molecule has 0 aliphatic rings. The average molecular weight is 248 g/mol. The van der Waals surface area contributed by atoms with Gasteiger partial charge in [0, 0.05) is 11.1 Å². The normalized spacial score (nSPS) is 12.2. The Morgan fingerprint density at radius 3 is 2.80 bits per heavy atom. The summed E-state index contributed by atoms with van der Waals surface area (Å²) in [6, 6.07) is 4.82. The van der Waals surface area contributed by atoms with Crippen molar-refractivity contribution in [2.75, 3.05) is 5.32 Å². The van der Waals surface area contributed by atoms with E-state index in [9.17, 15) is 4.79 Å². The summed E-state index contributed by atoms with van der Waals surface area (Å²) in [7, 11) is 0. The fourth-order valence-corrected chi connectivity index (χ4v) is 1.53. The predicted molar refractivity (Wildman–Crippen MR) is 61.8 cm³/mol. The van der Waals surface area contributed by atoms with Crippen molar-refractivity contribution >= 4 is 34.9 Å². The van der Waals surface area contributed by atoms with Gasteiger partial charge in [0.2, 0.25) is 0 Å². The van der Waals surface area contributed by atoms with Crippen LogP contribution in [0.25, 0.3) is 0 Å². The summed E-state index contributed by atoms with van der Waals surface area (Å²) in [5.41, 5.74) is 0.651. The van der Waals surface area contributed by atoms with E-state index in [1.807, 2.05) is 0 Å². The molecule has 0 fully saturated rings. The van der Waals surface area contributed by atoms with Crippen molar-refractivity contribution in [3.8, 4) is 0 Å². The molecule has 0 aliphatic carbocycles. The number of rotatable bonds is 4. The van der Waals surface area contributed by atoms with Crippen molar-refractivity contribution in [2.45, 2.75) is 19.4 Å². The average Bonchev–Trinajstić information content (AvgIpc) is 2.10. The van der Waals surface area contributed by atoms with Gasteiger partial charge in [-0.25, -0.2) is 0 Å². The fraction of sp³-hybridized carbons (Fsp3) is 0.300. The van der Waals surface area contributed by atoms with E-state index in [4.69, 9.17) is 28.3 Å². The number of hydrogen-bond donors (Lipinski definition) is 2. The van der Waals surface area contributed by atoms with E-state index in [0.717, 1.165) is 0 Å². The van der Waals surface area contributed by atoms with Crippen molar-refractivity contribution < 1.29 is 9.90 Å². The topological polar surface area (TPSA) is 49.3 Å². The molecule has 0 aromatic heterocycles. The predicted octanol–water partition coefficient (Wildman–Crippen LogP) is 3.27. The molecule has 1 aromatic rings. The maximum atomic E-state index is 10.5. The van der Waals surface area contributed by atoms with Gasteiger partial charge in [-0.3, -0.25) is 4.79 Å². The highest BCUT2D eigenvalue weighted by atomic mass is 35.5. The van der Waals surface area contributed by atoms with E-state index in [0.29, 0.717) is 15.7 Å². The van der Waals surface area contributed by atoms with Crippen LogP contribution in [0.15, 0.2) is 18.2 Å². The Labute approximate surface area is 98.0 Å². The quantitative estimate of drug-likeness (QED) is 0.859. The second-order valence-electron chi connectivity index (χ2n) is 3.27. The van der Waals surface area contributed by atoms with Crippen LogP contribution in [0.1, 0.15) is 13.3 Å². The van der Waals surface area contributed by atoms with Gasteiger partial charge in [0.05, 0.1) is 17.1 Å².